The van der Waals surface area contributed by atoms with Crippen molar-refractivity contribution in [2.24, 2.45) is 0 Å². The summed E-state index contributed by atoms with van der Waals surface area (Å²) in [5.74, 6) is 0.653. The molecule has 0 spiro atoms. The number of anilines is 1. The molecular weight excluding hydrogens is 470 g/mol. The van der Waals surface area contributed by atoms with E-state index < -0.39 is 0 Å². The minimum Gasteiger partial charge on any atom is -0.382 e. The van der Waals surface area contributed by atoms with Crippen LogP contribution in [0.15, 0.2) is 9.70 Å². The van der Waals surface area contributed by atoms with Crippen LogP contribution in [0.1, 0.15) is 43.4 Å². The minimum absolute atomic E-state index is 0.129. The molecule has 2 saturated heterocycles. The van der Waals surface area contributed by atoms with Gasteiger partial charge in [-0.15, -0.1) is 0 Å². The number of nitriles is 1. The first-order valence-corrected chi connectivity index (χ1v) is 13.0. The van der Waals surface area contributed by atoms with Crippen molar-refractivity contribution in [1.82, 2.24) is 14.4 Å². The molecule has 2 aliphatic heterocycles. The molecule has 10 heteroatoms. The van der Waals surface area contributed by atoms with Crippen molar-refractivity contribution in [3.05, 3.63) is 31.9 Å². The topological polar surface area (TPSA) is 81.8 Å². The zero-order valence-electron chi connectivity index (χ0n) is 20.4. The summed E-state index contributed by atoms with van der Waals surface area (Å²) in [5.41, 5.74) is 1.22. The SMILES string of the molecule is CCCn1c(N2CCN(C)CC2)c(/C=C2/SC(=S)N(CCCOCC)C2=O)c(C)c(C#N)c1=O. The second-order valence-electron chi connectivity index (χ2n) is 8.48. The van der Waals surface area contributed by atoms with E-state index >= 15 is 0 Å². The number of pyridine rings is 1. The van der Waals surface area contributed by atoms with Gasteiger partial charge in [-0.05, 0) is 45.4 Å². The fourth-order valence-electron chi connectivity index (χ4n) is 4.23. The van der Waals surface area contributed by atoms with E-state index in [9.17, 15) is 14.9 Å². The number of likely N-dealkylation sites (N-methyl/N-ethyl adjacent to an activating group) is 1. The molecule has 0 radical (unpaired) electrons. The van der Waals surface area contributed by atoms with Gasteiger partial charge in [0.15, 0.2) is 0 Å². The number of ether oxygens (including phenoxy) is 1. The number of carbonyl (C=O) groups excluding carboxylic acids is 1. The molecule has 0 saturated carbocycles. The predicted molar refractivity (Wildman–Crippen MR) is 141 cm³/mol. The van der Waals surface area contributed by atoms with Gasteiger partial charge in [-0.3, -0.25) is 19.1 Å². The maximum atomic E-state index is 13.2. The van der Waals surface area contributed by atoms with Crippen LogP contribution in [0.3, 0.4) is 0 Å². The molecule has 2 aliphatic rings. The van der Waals surface area contributed by atoms with E-state index in [0.29, 0.717) is 47.5 Å². The van der Waals surface area contributed by atoms with Crippen LogP contribution in [0.25, 0.3) is 6.08 Å². The molecule has 1 aromatic heterocycles. The smallest absolute Gasteiger partial charge is 0.270 e. The normalized spacial score (nSPS) is 18.3. The first-order valence-electron chi connectivity index (χ1n) is 11.8. The molecule has 184 valence electrons. The summed E-state index contributed by atoms with van der Waals surface area (Å²) in [6.07, 6.45) is 3.30. The van der Waals surface area contributed by atoms with Crippen LogP contribution >= 0.6 is 24.0 Å². The Balaban J connectivity index is 2.08. The Morgan fingerprint density at radius 2 is 1.88 bits per heavy atom. The van der Waals surface area contributed by atoms with E-state index in [-0.39, 0.29) is 17.0 Å². The summed E-state index contributed by atoms with van der Waals surface area (Å²) in [4.78, 5) is 33.0. The van der Waals surface area contributed by atoms with E-state index in [0.717, 1.165) is 44.0 Å². The Morgan fingerprint density at radius 1 is 1.18 bits per heavy atom. The molecule has 2 fully saturated rings. The standard InChI is InChI=1S/C24H33N5O3S2/c1-5-8-28-21(27-12-10-26(4)11-13-27)18(17(3)19(16-25)22(28)30)15-20-23(31)29(24(33)34-20)9-7-14-32-6-2/h15H,5-14H2,1-4H3/b20-15+. The minimum atomic E-state index is -0.267. The zero-order valence-corrected chi connectivity index (χ0v) is 22.1. The lowest BCUT2D eigenvalue weighted by Crippen LogP contribution is -2.47. The molecule has 3 heterocycles. The number of nitrogens with zero attached hydrogens (tertiary/aromatic N) is 5. The summed E-state index contributed by atoms with van der Waals surface area (Å²) in [6.45, 7) is 11.3. The molecule has 0 N–H and O–H groups in total. The molecule has 3 rings (SSSR count). The second kappa shape index (κ2) is 12.0. The first-order chi connectivity index (χ1) is 16.3. The molecule has 8 nitrogen and oxygen atoms in total. The van der Waals surface area contributed by atoms with Gasteiger partial charge < -0.3 is 14.5 Å². The van der Waals surface area contributed by atoms with E-state index in [2.05, 4.69) is 22.9 Å². The van der Waals surface area contributed by atoms with Crippen LogP contribution in [0, 0.1) is 18.3 Å². The lowest BCUT2D eigenvalue weighted by atomic mass is 10.0. The van der Waals surface area contributed by atoms with Gasteiger partial charge in [0.25, 0.3) is 11.5 Å². The number of carbonyl (C=O) groups is 1. The van der Waals surface area contributed by atoms with Crippen molar-refractivity contribution in [1.29, 1.82) is 5.26 Å². The molecule has 0 bridgehead atoms. The number of hydrogen-bond acceptors (Lipinski definition) is 8. The number of rotatable bonds is 9. The van der Waals surface area contributed by atoms with Gasteiger partial charge in [0.2, 0.25) is 0 Å². The lowest BCUT2D eigenvalue weighted by molar-refractivity contribution is -0.122. The van der Waals surface area contributed by atoms with Crippen molar-refractivity contribution >= 4 is 46.1 Å². The fourth-order valence-corrected chi connectivity index (χ4v) is 5.52. The highest BCUT2D eigenvalue weighted by Gasteiger charge is 2.33. The Bertz CT molecular complexity index is 1070. The zero-order chi connectivity index (χ0) is 24.8. The van der Waals surface area contributed by atoms with Crippen molar-refractivity contribution in [2.75, 3.05) is 57.9 Å². The van der Waals surface area contributed by atoms with Crippen molar-refractivity contribution in [3.63, 3.8) is 0 Å². The van der Waals surface area contributed by atoms with Gasteiger partial charge in [-0.1, -0.05) is 30.9 Å². The monoisotopic (exact) mass is 503 g/mol. The van der Waals surface area contributed by atoms with Gasteiger partial charge in [0.05, 0.1) is 4.91 Å². The largest absolute Gasteiger partial charge is 0.382 e. The predicted octanol–water partition coefficient (Wildman–Crippen LogP) is 2.82. The van der Waals surface area contributed by atoms with Gasteiger partial charge in [-0.2, -0.15) is 5.26 Å². The van der Waals surface area contributed by atoms with Gasteiger partial charge in [-0.25, -0.2) is 0 Å². The van der Waals surface area contributed by atoms with E-state index in [1.807, 2.05) is 19.9 Å². The molecule has 1 aromatic rings. The van der Waals surface area contributed by atoms with Crippen LogP contribution in [0.5, 0.6) is 0 Å². The summed E-state index contributed by atoms with van der Waals surface area (Å²) >= 11 is 6.77. The number of thiocarbonyl (C=S) groups is 1. The van der Waals surface area contributed by atoms with Crippen LogP contribution in [-0.4, -0.2) is 77.6 Å². The Morgan fingerprint density at radius 3 is 2.50 bits per heavy atom. The average Bonchev–Trinajstić information content (AvgIpc) is 3.08. The van der Waals surface area contributed by atoms with Crippen molar-refractivity contribution in [2.45, 2.75) is 40.2 Å². The van der Waals surface area contributed by atoms with Gasteiger partial charge in [0, 0.05) is 58.0 Å². The van der Waals surface area contributed by atoms with E-state index in [1.165, 1.54) is 11.8 Å². The molecule has 0 atom stereocenters. The molecule has 0 aliphatic carbocycles. The maximum absolute atomic E-state index is 13.2. The van der Waals surface area contributed by atoms with E-state index in [1.54, 1.807) is 16.4 Å². The lowest BCUT2D eigenvalue weighted by Gasteiger charge is -2.36. The Hall–Kier alpha value is -2.19. The Kier molecular flexibility index (Phi) is 9.31. The number of aromatic nitrogens is 1. The highest BCUT2D eigenvalue weighted by atomic mass is 32.2. The number of thioether (sulfide) groups is 1. The third kappa shape index (κ3) is 5.54. The molecule has 0 aromatic carbocycles. The summed E-state index contributed by atoms with van der Waals surface area (Å²) < 4.78 is 7.63. The summed E-state index contributed by atoms with van der Waals surface area (Å²) in [6, 6.07) is 2.10. The number of piperazine rings is 1. The highest BCUT2D eigenvalue weighted by molar-refractivity contribution is 8.26. The van der Waals surface area contributed by atoms with Gasteiger partial charge >= 0.3 is 0 Å². The van der Waals surface area contributed by atoms with Crippen molar-refractivity contribution in [3.8, 4) is 6.07 Å². The fraction of sp³-hybridized carbons (Fsp3) is 0.583. The average molecular weight is 504 g/mol. The second-order valence-corrected chi connectivity index (χ2v) is 10.2. The summed E-state index contributed by atoms with van der Waals surface area (Å²) in [7, 11) is 2.08. The highest BCUT2D eigenvalue weighted by Crippen LogP contribution is 2.36. The van der Waals surface area contributed by atoms with Crippen molar-refractivity contribution < 1.29 is 9.53 Å². The van der Waals surface area contributed by atoms with Crippen LogP contribution in [-0.2, 0) is 16.1 Å². The molecule has 1 amide bonds. The van der Waals surface area contributed by atoms with Crippen LogP contribution in [0.4, 0.5) is 5.82 Å². The number of amides is 1. The molecular formula is C24H33N5O3S2. The molecule has 34 heavy (non-hydrogen) atoms. The Labute approximate surface area is 211 Å². The van der Waals surface area contributed by atoms with Crippen LogP contribution < -0.4 is 10.5 Å². The van der Waals surface area contributed by atoms with Gasteiger partial charge in [0.1, 0.15) is 21.8 Å². The van der Waals surface area contributed by atoms with Crippen LogP contribution in [0.2, 0.25) is 0 Å². The summed E-state index contributed by atoms with van der Waals surface area (Å²) in [5, 5.41) is 9.77. The quantitative estimate of drug-likeness (QED) is 0.289. The number of hydrogen-bond donors (Lipinski definition) is 0. The first kappa shape index (κ1) is 26.4. The molecule has 0 unspecified atom stereocenters. The maximum Gasteiger partial charge on any atom is 0.270 e. The third-order valence-electron chi connectivity index (χ3n) is 6.12. The third-order valence-corrected chi connectivity index (χ3v) is 7.50. The van der Waals surface area contributed by atoms with E-state index in [4.69, 9.17) is 17.0 Å².